The van der Waals surface area contributed by atoms with Crippen LogP contribution >= 0.6 is 0 Å². The van der Waals surface area contributed by atoms with Crippen molar-refractivity contribution in [1.29, 1.82) is 0 Å². The van der Waals surface area contributed by atoms with Crippen LogP contribution in [0.25, 0.3) is 0 Å². The number of rotatable bonds is 3. The monoisotopic (exact) mass is 369 g/mol. The topological polar surface area (TPSA) is 69.7 Å². The van der Waals surface area contributed by atoms with Crippen LogP contribution < -0.4 is 5.32 Å². The number of carbonyl (C=O) groups is 3. The molecule has 6 nitrogen and oxygen atoms in total. The van der Waals surface area contributed by atoms with E-state index in [9.17, 15) is 27.6 Å². The molecule has 1 unspecified atom stereocenters. The van der Waals surface area contributed by atoms with Crippen molar-refractivity contribution in [3.63, 3.8) is 0 Å². The number of benzene rings is 1. The fraction of sp³-hybridized carbons (Fsp3) is 0.471. The molecule has 3 amide bonds. The van der Waals surface area contributed by atoms with E-state index in [1.807, 2.05) is 0 Å². The number of carbonyl (C=O) groups excluding carboxylic acids is 3. The lowest BCUT2D eigenvalue weighted by Gasteiger charge is -2.33. The summed E-state index contributed by atoms with van der Waals surface area (Å²) in [6.45, 7) is -0.537. The summed E-state index contributed by atoms with van der Waals surface area (Å²) in [4.78, 5) is 38.5. The maximum Gasteiger partial charge on any atom is 0.401 e. The van der Waals surface area contributed by atoms with Crippen molar-refractivity contribution in [1.82, 2.24) is 15.1 Å². The zero-order valence-corrected chi connectivity index (χ0v) is 14.1. The molecule has 2 aliphatic rings. The van der Waals surface area contributed by atoms with Gasteiger partial charge in [0.2, 0.25) is 0 Å². The molecule has 1 N–H and O–H groups in total. The smallest absolute Gasteiger partial charge is 0.348 e. The number of hydrogen-bond donors (Lipinski definition) is 1. The van der Waals surface area contributed by atoms with Crippen LogP contribution in [0.1, 0.15) is 43.9 Å². The summed E-state index contributed by atoms with van der Waals surface area (Å²) in [7, 11) is 1.36. The molecule has 1 aromatic carbocycles. The van der Waals surface area contributed by atoms with Gasteiger partial charge in [-0.1, -0.05) is 0 Å². The van der Waals surface area contributed by atoms with Gasteiger partial charge in [0, 0.05) is 25.2 Å². The first-order valence-corrected chi connectivity index (χ1v) is 8.22. The molecule has 3 rings (SSSR count). The summed E-state index contributed by atoms with van der Waals surface area (Å²) >= 11 is 0. The number of halogens is 3. The highest BCUT2D eigenvalue weighted by molar-refractivity contribution is 6.21. The molecule has 0 aliphatic carbocycles. The first-order valence-electron chi connectivity index (χ1n) is 8.22. The van der Waals surface area contributed by atoms with Crippen molar-refractivity contribution in [3.05, 3.63) is 34.9 Å². The minimum atomic E-state index is -4.27. The number of alkyl halides is 3. The van der Waals surface area contributed by atoms with Gasteiger partial charge in [0.25, 0.3) is 17.7 Å². The van der Waals surface area contributed by atoms with E-state index in [2.05, 4.69) is 5.32 Å². The summed E-state index contributed by atoms with van der Waals surface area (Å²) in [5.74, 6) is -1.37. The molecule has 2 heterocycles. The Morgan fingerprint density at radius 1 is 1.23 bits per heavy atom. The van der Waals surface area contributed by atoms with Gasteiger partial charge in [-0.2, -0.15) is 13.2 Å². The van der Waals surface area contributed by atoms with Crippen LogP contribution in [-0.2, 0) is 0 Å². The number of hydrogen-bond acceptors (Lipinski definition) is 4. The quantitative estimate of drug-likeness (QED) is 0.823. The Morgan fingerprint density at radius 3 is 2.62 bits per heavy atom. The lowest BCUT2D eigenvalue weighted by molar-refractivity contribution is -0.148. The Hall–Kier alpha value is -2.42. The van der Waals surface area contributed by atoms with E-state index in [0.717, 1.165) is 4.90 Å². The SMILES string of the molecule is CN1C(=O)c2ccc(C(=O)NC3CCCN(CC(F)(F)F)C3)cc2C1=O. The van der Waals surface area contributed by atoms with Crippen molar-refractivity contribution in [2.24, 2.45) is 0 Å². The Balaban J connectivity index is 1.67. The summed E-state index contributed by atoms with van der Waals surface area (Å²) in [5, 5.41) is 2.72. The van der Waals surface area contributed by atoms with Gasteiger partial charge in [0.15, 0.2) is 0 Å². The average Bonchev–Trinajstić information content (AvgIpc) is 2.78. The molecule has 26 heavy (non-hydrogen) atoms. The van der Waals surface area contributed by atoms with E-state index in [-0.39, 0.29) is 23.2 Å². The van der Waals surface area contributed by atoms with Crippen molar-refractivity contribution >= 4 is 17.7 Å². The normalized spacial score (nSPS) is 21.1. The van der Waals surface area contributed by atoms with Gasteiger partial charge in [-0.25, -0.2) is 0 Å². The van der Waals surface area contributed by atoms with Crippen LogP contribution in [0, 0.1) is 0 Å². The largest absolute Gasteiger partial charge is 0.401 e. The zero-order chi connectivity index (χ0) is 19.1. The van der Waals surface area contributed by atoms with Crippen molar-refractivity contribution in [2.75, 3.05) is 26.7 Å². The van der Waals surface area contributed by atoms with Gasteiger partial charge in [-0.05, 0) is 37.6 Å². The molecule has 9 heteroatoms. The number of nitrogens with zero attached hydrogens (tertiary/aromatic N) is 2. The van der Waals surface area contributed by atoms with Crippen LogP contribution in [0.15, 0.2) is 18.2 Å². The second kappa shape index (κ2) is 6.71. The highest BCUT2D eigenvalue weighted by Crippen LogP contribution is 2.23. The van der Waals surface area contributed by atoms with Gasteiger partial charge in [0.05, 0.1) is 17.7 Å². The Bertz CT molecular complexity index is 763. The van der Waals surface area contributed by atoms with Crippen molar-refractivity contribution < 1.29 is 27.6 Å². The predicted octanol–water partition coefficient (Wildman–Crippen LogP) is 1.67. The highest BCUT2D eigenvalue weighted by Gasteiger charge is 2.35. The van der Waals surface area contributed by atoms with E-state index in [1.165, 1.54) is 30.1 Å². The van der Waals surface area contributed by atoms with Gasteiger partial charge in [0.1, 0.15) is 0 Å². The molecule has 0 bridgehead atoms. The summed E-state index contributed by atoms with van der Waals surface area (Å²) in [6, 6.07) is 3.82. The number of nitrogens with one attached hydrogen (secondary N) is 1. The lowest BCUT2D eigenvalue weighted by Crippen LogP contribution is -2.50. The second-order valence-electron chi connectivity index (χ2n) is 6.59. The van der Waals surface area contributed by atoms with E-state index in [4.69, 9.17) is 0 Å². The number of likely N-dealkylation sites (tertiary alicyclic amines) is 1. The first-order chi connectivity index (χ1) is 12.2. The van der Waals surface area contributed by atoms with Crippen LogP contribution in [0.2, 0.25) is 0 Å². The van der Waals surface area contributed by atoms with Crippen LogP contribution in [0.4, 0.5) is 13.2 Å². The molecular weight excluding hydrogens is 351 g/mol. The minimum Gasteiger partial charge on any atom is -0.348 e. The van der Waals surface area contributed by atoms with Crippen molar-refractivity contribution in [3.8, 4) is 0 Å². The summed E-state index contributed by atoms with van der Waals surface area (Å²) in [6.07, 6.45) is -3.13. The first kappa shape index (κ1) is 18.4. The molecule has 140 valence electrons. The van der Waals surface area contributed by atoms with Crippen LogP contribution in [0.3, 0.4) is 0 Å². The van der Waals surface area contributed by atoms with E-state index >= 15 is 0 Å². The third-order valence-corrected chi connectivity index (χ3v) is 4.60. The van der Waals surface area contributed by atoms with E-state index < -0.39 is 36.5 Å². The molecule has 0 saturated carbocycles. The van der Waals surface area contributed by atoms with Gasteiger partial charge in [-0.15, -0.1) is 0 Å². The number of piperidine rings is 1. The van der Waals surface area contributed by atoms with Gasteiger partial charge in [-0.3, -0.25) is 24.2 Å². The highest BCUT2D eigenvalue weighted by atomic mass is 19.4. The molecule has 0 radical (unpaired) electrons. The maximum atomic E-state index is 12.5. The Kier molecular flexibility index (Phi) is 4.74. The maximum absolute atomic E-state index is 12.5. The Morgan fingerprint density at radius 2 is 1.92 bits per heavy atom. The molecule has 1 atom stereocenters. The minimum absolute atomic E-state index is 0.121. The summed E-state index contributed by atoms with van der Waals surface area (Å²) in [5.41, 5.74) is 0.601. The average molecular weight is 369 g/mol. The molecule has 1 aromatic rings. The molecule has 2 aliphatic heterocycles. The van der Waals surface area contributed by atoms with Crippen LogP contribution in [0.5, 0.6) is 0 Å². The van der Waals surface area contributed by atoms with E-state index in [0.29, 0.717) is 19.4 Å². The molecular formula is C17H18F3N3O3. The fourth-order valence-corrected chi connectivity index (χ4v) is 3.34. The molecule has 0 aromatic heterocycles. The number of fused-ring (bicyclic) bond motifs is 1. The molecule has 1 saturated heterocycles. The second-order valence-corrected chi connectivity index (χ2v) is 6.59. The zero-order valence-electron chi connectivity index (χ0n) is 14.1. The molecule has 0 spiro atoms. The standard InChI is InChI=1S/C17H18F3N3O3/c1-22-15(25)12-5-4-10(7-13(12)16(22)26)14(24)21-11-3-2-6-23(8-11)9-17(18,19)20/h4-5,7,11H,2-3,6,8-9H2,1H3,(H,21,24). The van der Waals surface area contributed by atoms with Gasteiger partial charge < -0.3 is 5.32 Å². The lowest BCUT2D eigenvalue weighted by atomic mass is 10.0. The summed E-state index contributed by atoms with van der Waals surface area (Å²) < 4.78 is 37.6. The third kappa shape index (κ3) is 3.72. The third-order valence-electron chi connectivity index (χ3n) is 4.60. The number of imide groups is 1. The van der Waals surface area contributed by atoms with E-state index in [1.54, 1.807) is 0 Å². The van der Waals surface area contributed by atoms with Crippen molar-refractivity contribution in [2.45, 2.75) is 25.1 Å². The number of amides is 3. The predicted molar refractivity (Wildman–Crippen MR) is 85.8 cm³/mol. The van der Waals surface area contributed by atoms with Gasteiger partial charge >= 0.3 is 6.18 Å². The fourth-order valence-electron chi connectivity index (χ4n) is 3.34. The molecule has 1 fully saturated rings. The van der Waals surface area contributed by atoms with Crippen LogP contribution in [-0.4, -0.2) is 66.4 Å². The Labute approximate surface area is 147 Å².